The summed E-state index contributed by atoms with van der Waals surface area (Å²) in [7, 11) is 0. The molecule has 26 heavy (non-hydrogen) atoms. The van der Waals surface area contributed by atoms with Crippen LogP contribution < -0.4 is 16.0 Å². The molecular formula is C19H20ClN3O3. The van der Waals surface area contributed by atoms with Crippen molar-refractivity contribution in [2.24, 2.45) is 0 Å². The van der Waals surface area contributed by atoms with Crippen LogP contribution in [-0.4, -0.2) is 37.1 Å². The fourth-order valence-electron chi connectivity index (χ4n) is 2.74. The summed E-state index contributed by atoms with van der Waals surface area (Å²) in [5, 5.41) is 9.03. The highest BCUT2D eigenvalue weighted by atomic mass is 35.5. The monoisotopic (exact) mass is 373 g/mol. The average molecular weight is 374 g/mol. The van der Waals surface area contributed by atoms with Crippen molar-refractivity contribution < 1.29 is 14.3 Å². The second kappa shape index (κ2) is 8.31. The number of hydrogen-bond acceptors (Lipinski definition) is 4. The second-order valence-electron chi connectivity index (χ2n) is 6.01. The van der Waals surface area contributed by atoms with Crippen LogP contribution in [-0.2, 0) is 9.53 Å². The zero-order valence-electron chi connectivity index (χ0n) is 14.3. The highest BCUT2D eigenvalue weighted by molar-refractivity contribution is 6.34. The first-order chi connectivity index (χ1) is 12.5. The first-order valence-corrected chi connectivity index (χ1v) is 8.74. The fourth-order valence-corrected chi connectivity index (χ4v) is 2.95. The minimum absolute atomic E-state index is 0.214. The summed E-state index contributed by atoms with van der Waals surface area (Å²) >= 11 is 6.16. The quantitative estimate of drug-likeness (QED) is 0.770. The van der Waals surface area contributed by atoms with Gasteiger partial charge < -0.3 is 20.7 Å². The second-order valence-corrected chi connectivity index (χ2v) is 6.42. The van der Waals surface area contributed by atoms with E-state index in [-0.39, 0.29) is 23.5 Å². The summed E-state index contributed by atoms with van der Waals surface area (Å²) in [5.41, 5.74) is 1.45. The maximum absolute atomic E-state index is 12.5. The first kappa shape index (κ1) is 18.4. The summed E-state index contributed by atoms with van der Waals surface area (Å²) in [6, 6.07) is 13.5. The number of anilines is 2. The number of carbonyl (C=O) groups excluding carboxylic acids is 2. The number of amides is 2. The summed E-state index contributed by atoms with van der Waals surface area (Å²) in [4.78, 5) is 24.9. The molecule has 0 spiro atoms. The molecule has 0 saturated carbocycles. The minimum Gasteiger partial charge on any atom is -0.375 e. The molecule has 7 heteroatoms. The van der Waals surface area contributed by atoms with Crippen LogP contribution in [0.1, 0.15) is 17.3 Å². The molecule has 0 bridgehead atoms. The van der Waals surface area contributed by atoms with E-state index in [9.17, 15) is 9.59 Å². The molecule has 0 unspecified atom stereocenters. The molecule has 2 aromatic carbocycles. The van der Waals surface area contributed by atoms with Gasteiger partial charge in [-0.2, -0.15) is 0 Å². The van der Waals surface area contributed by atoms with Crippen molar-refractivity contribution in [3.8, 4) is 0 Å². The van der Waals surface area contributed by atoms with E-state index < -0.39 is 6.04 Å². The number of morpholine rings is 1. The molecule has 0 aromatic heterocycles. The van der Waals surface area contributed by atoms with Crippen LogP contribution in [0.3, 0.4) is 0 Å². The van der Waals surface area contributed by atoms with Gasteiger partial charge in [-0.3, -0.25) is 9.59 Å². The molecule has 0 radical (unpaired) electrons. The summed E-state index contributed by atoms with van der Waals surface area (Å²) < 4.78 is 5.49. The first-order valence-electron chi connectivity index (χ1n) is 8.36. The Labute approximate surface area is 156 Å². The van der Waals surface area contributed by atoms with Crippen molar-refractivity contribution in [3.63, 3.8) is 0 Å². The molecule has 6 nitrogen and oxygen atoms in total. The third-order valence-corrected chi connectivity index (χ3v) is 4.44. The number of para-hydroxylation sites is 1. The van der Waals surface area contributed by atoms with Gasteiger partial charge in [0.25, 0.3) is 5.91 Å². The Kier molecular flexibility index (Phi) is 5.88. The summed E-state index contributed by atoms with van der Waals surface area (Å²) in [5.74, 6) is -0.557. The molecule has 1 aliphatic rings. The lowest BCUT2D eigenvalue weighted by atomic mass is 10.1. The average Bonchev–Trinajstić information content (AvgIpc) is 2.64. The van der Waals surface area contributed by atoms with E-state index in [1.807, 2.05) is 25.1 Å². The SMILES string of the molecule is C[C@H]1OCCN[C@@H]1C(=O)Nc1ccc(Cl)c(C(=O)Nc2ccccc2)c1. The van der Waals surface area contributed by atoms with Gasteiger partial charge in [0, 0.05) is 17.9 Å². The smallest absolute Gasteiger partial charge is 0.257 e. The van der Waals surface area contributed by atoms with Crippen molar-refractivity contribution in [1.29, 1.82) is 0 Å². The molecular weight excluding hydrogens is 354 g/mol. The normalized spacial score (nSPS) is 19.6. The number of halogens is 1. The van der Waals surface area contributed by atoms with Crippen LogP contribution in [0.2, 0.25) is 5.02 Å². The van der Waals surface area contributed by atoms with Gasteiger partial charge in [-0.25, -0.2) is 0 Å². The van der Waals surface area contributed by atoms with Gasteiger partial charge in [-0.05, 0) is 37.3 Å². The van der Waals surface area contributed by atoms with E-state index in [0.717, 1.165) is 0 Å². The number of nitrogens with one attached hydrogen (secondary N) is 3. The lowest BCUT2D eigenvalue weighted by Crippen LogP contribution is -2.53. The number of hydrogen-bond donors (Lipinski definition) is 3. The molecule has 136 valence electrons. The number of ether oxygens (including phenoxy) is 1. The van der Waals surface area contributed by atoms with Crippen molar-refractivity contribution in [3.05, 3.63) is 59.1 Å². The van der Waals surface area contributed by atoms with Gasteiger partial charge in [0.1, 0.15) is 6.04 Å². The molecule has 2 atom stereocenters. The van der Waals surface area contributed by atoms with Crippen LogP contribution in [0.15, 0.2) is 48.5 Å². The van der Waals surface area contributed by atoms with Gasteiger partial charge in [-0.1, -0.05) is 29.8 Å². The molecule has 1 fully saturated rings. The molecule has 2 amide bonds. The van der Waals surface area contributed by atoms with Crippen LogP contribution in [0.4, 0.5) is 11.4 Å². The summed E-state index contributed by atoms with van der Waals surface area (Å²) in [6.45, 7) is 3.04. The van der Waals surface area contributed by atoms with Crippen molar-refractivity contribution >= 4 is 34.8 Å². The molecule has 1 saturated heterocycles. The lowest BCUT2D eigenvalue weighted by Gasteiger charge is -2.29. The molecule has 3 N–H and O–H groups in total. The van der Waals surface area contributed by atoms with Gasteiger partial charge in [-0.15, -0.1) is 0 Å². The standard InChI is InChI=1S/C19H20ClN3O3/c1-12-17(21-9-10-26-12)19(25)23-14-7-8-16(20)15(11-14)18(24)22-13-5-3-2-4-6-13/h2-8,11-12,17,21H,9-10H2,1H3,(H,22,24)(H,23,25)/t12-,17+/m1/s1. The maximum atomic E-state index is 12.5. The molecule has 1 aliphatic heterocycles. The topological polar surface area (TPSA) is 79.5 Å². The Hall–Kier alpha value is -2.41. The third-order valence-electron chi connectivity index (χ3n) is 4.11. The highest BCUT2D eigenvalue weighted by Crippen LogP contribution is 2.22. The number of carbonyl (C=O) groups is 2. The van der Waals surface area contributed by atoms with Gasteiger partial charge in [0.15, 0.2) is 0 Å². The van der Waals surface area contributed by atoms with Crippen LogP contribution >= 0.6 is 11.6 Å². The predicted molar refractivity (Wildman–Crippen MR) is 102 cm³/mol. The fraction of sp³-hybridized carbons (Fsp3) is 0.263. The van der Waals surface area contributed by atoms with E-state index in [2.05, 4.69) is 16.0 Å². The Morgan fingerprint density at radius 1 is 1.12 bits per heavy atom. The van der Waals surface area contributed by atoms with E-state index in [1.165, 1.54) is 0 Å². The Bertz CT molecular complexity index is 798. The van der Waals surface area contributed by atoms with E-state index >= 15 is 0 Å². The number of benzene rings is 2. The van der Waals surface area contributed by atoms with Crippen LogP contribution in [0.25, 0.3) is 0 Å². The van der Waals surface area contributed by atoms with Gasteiger partial charge in [0.2, 0.25) is 5.91 Å². The van der Waals surface area contributed by atoms with E-state index in [0.29, 0.717) is 29.5 Å². The van der Waals surface area contributed by atoms with Gasteiger partial charge in [0.05, 0.1) is 23.3 Å². The zero-order chi connectivity index (χ0) is 18.5. The van der Waals surface area contributed by atoms with E-state index in [1.54, 1.807) is 30.3 Å². The lowest BCUT2D eigenvalue weighted by molar-refractivity contribution is -0.123. The molecule has 3 rings (SSSR count). The third kappa shape index (κ3) is 4.40. The number of rotatable bonds is 4. The predicted octanol–water partition coefficient (Wildman–Crippen LogP) is 2.91. The van der Waals surface area contributed by atoms with Crippen LogP contribution in [0.5, 0.6) is 0 Å². The van der Waals surface area contributed by atoms with Crippen LogP contribution in [0, 0.1) is 0 Å². The Balaban J connectivity index is 1.72. The Morgan fingerprint density at radius 3 is 2.62 bits per heavy atom. The molecule has 2 aromatic rings. The highest BCUT2D eigenvalue weighted by Gasteiger charge is 2.28. The van der Waals surface area contributed by atoms with Gasteiger partial charge >= 0.3 is 0 Å². The zero-order valence-corrected chi connectivity index (χ0v) is 15.0. The molecule has 1 heterocycles. The van der Waals surface area contributed by atoms with Crippen molar-refractivity contribution in [2.75, 3.05) is 23.8 Å². The Morgan fingerprint density at radius 2 is 1.88 bits per heavy atom. The minimum atomic E-state index is -0.443. The largest absolute Gasteiger partial charge is 0.375 e. The maximum Gasteiger partial charge on any atom is 0.257 e. The van der Waals surface area contributed by atoms with Crippen molar-refractivity contribution in [2.45, 2.75) is 19.1 Å². The summed E-state index contributed by atoms with van der Waals surface area (Å²) in [6.07, 6.45) is -0.225. The van der Waals surface area contributed by atoms with E-state index in [4.69, 9.17) is 16.3 Å². The molecule has 0 aliphatic carbocycles. The van der Waals surface area contributed by atoms with Crippen molar-refractivity contribution in [1.82, 2.24) is 5.32 Å².